The minimum absolute atomic E-state index is 0.0167. The summed E-state index contributed by atoms with van der Waals surface area (Å²) in [5.41, 5.74) is -1.52. The Labute approximate surface area is 206 Å². The highest BCUT2D eigenvalue weighted by molar-refractivity contribution is 7.93. The maximum atomic E-state index is 13.4. The van der Waals surface area contributed by atoms with Gasteiger partial charge in [-0.25, -0.2) is 8.42 Å². The van der Waals surface area contributed by atoms with Crippen LogP contribution in [0.4, 0.5) is 0 Å². The minimum Gasteiger partial charge on any atom is -0.460 e. The molecule has 192 valence electrons. The summed E-state index contributed by atoms with van der Waals surface area (Å²) in [5.74, 6) is -1.05. The Morgan fingerprint density at radius 2 is 1.53 bits per heavy atom. The number of sulfone groups is 1. The molecule has 1 amide bonds. The molecule has 1 aliphatic heterocycles. The molecule has 2 rings (SSSR count). The number of benzene rings is 1. The normalized spacial score (nSPS) is 20.2. The molecule has 0 unspecified atom stereocenters. The summed E-state index contributed by atoms with van der Waals surface area (Å²) >= 11 is 0. The van der Waals surface area contributed by atoms with Crippen molar-refractivity contribution < 1.29 is 27.2 Å². The molecule has 7 nitrogen and oxygen atoms in total. The Hall–Kier alpha value is -1.71. The van der Waals surface area contributed by atoms with Crippen LogP contribution in [-0.4, -0.2) is 62.6 Å². The van der Waals surface area contributed by atoms with E-state index in [9.17, 15) is 18.0 Å². The number of hydrogen-bond acceptors (Lipinski definition) is 6. The lowest BCUT2D eigenvalue weighted by Gasteiger charge is -2.54. The van der Waals surface area contributed by atoms with Crippen molar-refractivity contribution in [2.45, 2.75) is 107 Å². The van der Waals surface area contributed by atoms with Crippen molar-refractivity contribution in [3.05, 3.63) is 30.3 Å². The van der Waals surface area contributed by atoms with Gasteiger partial charge in [0, 0.05) is 0 Å². The summed E-state index contributed by atoms with van der Waals surface area (Å²) in [4.78, 5) is 27.7. The van der Waals surface area contributed by atoms with Gasteiger partial charge in [0.2, 0.25) is 5.91 Å². The molecule has 1 heterocycles. The zero-order chi connectivity index (χ0) is 26.3. The largest absolute Gasteiger partial charge is 0.460 e. The van der Waals surface area contributed by atoms with Crippen molar-refractivity contribution in [3.63, 3.8) is 0 Å². The molecule has 2 atom stereocenters. The fourth-order valence-corrected chi connectivity index (χ4v) is 6.74. The van der Waals surface area contributed by atoms with Crippen LogP contribution in [0.2, 0.25) is 18.1 Å². The van der Waals surface area contributed by atoms with Gasteiger partial charge in [0.15, 0.2) is 23.4 Å². The van der Waals surface area contributed by atoms with E-state index in [0.29, 0.717) is 0 Å². The van der Waals surface area contributed by atoms with Gasteiger partial charge in [-0.05, 0) is 64.9 Å². The predicted octanol–water partition coefficient (Wildman–Crippen LogP) is 4.57. The first-order chi connectivity index (χ1) is 15.2. The zero-order valence-corrected chi connectivity index (χ0v) is 24.1. The number of carbonyl (C=O) groups excluding carboxylic acids is 2. The number of β-lactam (4-membered cyclic amide) rings is 1. The Balaban J connectivity index is 2.38. The molecule has 9 heteroatoms. The van der Waals surface area contributed by atoms with Gasteiger partial charge in [0.05, 0.1) is 29.5 Å². The molecule has 34 heavy (non-hydrogen) atoms. The number of nitrogens with zero attached hydrogens (tertiary/aromatic N) is 1. The predicted molar refractivity (Wildman–Crippen MR) is 136 cm³/mol. The summed E-state index contributed by atoms with van der Waals surface area (Å²) < 4.78 is 38.7. The quantitative estimate of drug-likeness (QED) is 0.288. The van der Waals surface area contributed by atoms with E-state index in [-0.39, 0.29) is 23.0 Å². The number of amides is 1. The fourth-order valence-electron chi connectivity index (χ4n) is 3.76. The second kappa shape index (κ2) is 9.39. The molecule has 0 aliphatic carbocycles. The highest BCUT2D eigenvalue weighted by Gasteiger charge is 2.60. The van der Waals surface area contributed by atoms with Crippen LogP contribution in [0.1, 0.15) is 61.8 Å². The van der Waals surface area contributed by atoms with E-state index in [1.165, 1.54) is 17.0 Å². The first-order valence-electron chi connectivity index (χ1n) is 11.7. The molecule has 0 radical (unpaired) electrons. The molecule has 0 spiro atoms. The molecule has 1 aromatic carbocycles. The first-order valence-corrected chi connectivity index (χ1v) is 16.1. The van der Waals surface area contributed by atoms with Gasteiger partial charge in [-0.1, -0.05) is 39.0 Å². The average molecular weight is 512 g/mol. The van der Waals surface area contributed by atoms with Gasteiger partial charge < -0.3 is 14.1 Å². The first kappa shape index (κ1) is 28.5. The standard InChI is InChI=1S/C25H41NO6SSi/c1-23(2,3)32-20(27)16-19-21(33(29,30)18-14-12-11-13-15-18)22(28)26(19)25(7,8)17-31-34(9,10)24(4,5)6/h11-15,19,21H,16-17H2,1-10H3/t19-,21+/m0/s1. The third-order valence-corrected chi connectivity index (χ3v) is 13.2. The molecule has 1 saturated heterocycles. The van der Waals surface area contributed by atoms with Gasteiger partial charge in [-0.15, -0.1) is 0 Å². The van der Waals surface area contributed by atoms with E-state index < -0.39 is 52.5 Å². The molecular weight excluding hydrogens is 470 g/mol. The lowest BCUT2D eigenvalue weighted by Crippen LogP contribution is -2.74. The van der Waals surface area contributed by atoms with Crippen molar-refractivity contribution in [2.24, 2.45) is 0 Å². The van der Waals surface area contributed by atoms with Crippen LogP contribution < -0.4 is 0 Å². The molecule has 1 aromatic rings. The minimum atomic E-state index is -3.98. The summed E-state index contributed by atoms with van der Waals surface area (Å²) in [6.45, 7) is 19.9. The highest BCUT2D eigenvalue weighted by Crippen LogP contribution is 2.41. The van der Waals surface area contributed by atoms with Crippen molar-refractivity contribution in [2.75, 3.05) is 6.61 Å². The SMILES string of the molecule is CC(C)(C)OC(=O)C[C@H]1[C@@H](S(=O)(=O)c2ccccc2)C(=O)N1C(C)(C)CO[Si](C)(C)C(C)(C)C. The van der Waals surface area contributed by atoms with Gasteiger partial charge in [0.25, 0.3) is 0 Å². The van der Waals surface area contributed by atoms with Gasteiger partial charge in [-0.2, -0.15) is 0 Å². The third-order valence-electron chi connectivity index (χ3n) is 6.61. The Bertz CT molecular complexity index is 1010. The van der Waals surface area contributed by atoms with Crippen LogP contribution in [0.25, 0.3) is 0 Å². The fraction of sp³-hybridized carbons (Fsp3) is 0.680. The molecule has 1 fully saturated rings. The van der Waals surface area contributed by atoms with E-state index in [0.717, 1.165) is 0 Å². The molecule has 1 aliphatic rings. The van der Waals surface area contributed by atoms with Crippen LogP contribution in [0.3, 0.4) is 0 Å². The van der Waals surface area contributed by atoms with E-state index in [1.54, 1.807) is 39.0 Å². The summed E-state index contributed by atoms with van der Waals surface area (Å²) in [6.07, 6.45) is -0.205. The van der Waals surface area contributed by atoms with Crippen molar-refractivity contribution >= 4 is 30.0 Å². The second-order valence-corrected chi connectivity index (χ2v) is 19.1. The van der Waals surface area contributed by atoms with Crippen LogP contribution in [-0.2, 0) is 28.6 Å². The van der Waals surface area contributed by atoms with Crippen molar-refractivity contribution in [1.29, 1.82) is 0 Å². The summed E-state index contributed by atoms with van der Waals surface area (Å²) in [6, 6.07) is 7.06. The van der Waals surface area contributed by atoms with Gasteiger partial charge in [-0.3, -0.25) is 9.59 Å². The zero-order valence-electron chi connectivity index (χ0n) is 22.3. The molecule has 0 saturated carbocycles. The van der Waals surface area contributed by atoms with Gasteiger partial charge >= 0.3 is 5.97 Å². The number of likely N-dealkylation sites (tertiary alicyclic amines) is 1. The molecule has 0 N–H and O–H groups in total. The van der Waals surface area contributed by atoms with E-state index in [4.69, 9.17) is 9.16 Å². The smallest absolute Gasteiger partial charge is 0.308 e. The Morgan fingerprint density at radius 1 is 1.00 bits per heavy atom. The third kappa shape index (κ3) is 6.09. The number of carbonyl (C=O) groups is 2. The lowest BCUT2D eigenvalue weighted by molar-refractivity contribution is -0.166. The Morgan fingerprint density at radius 3 is 2.00 bits per heavy atom. The second-order valence-electron chi connectivity index (χ2n) is 12.2. The van der Waals surface area contributed by atoms with Crippen LogP contribution in [0.15, 0.2) is 35.2 Å². The number of hydrogen-bond donors (Lipinski definition) is 0. The summed E-state index contributed by atoms with van der Waals surface area (Å²) in [7, 11) is -6.09. The average Bonchev–Trinajstić information content (AvgIpc) is 2.64. The van der Waals surface area contributed by atoms with Crippen LogP contribution >= 0.6 is 0 Å². The topological polar surface area (TPSA) is 90.0 Å². The van der Waals surface area contributed by atoms with E-state index >= 15 is 0 Å². The van der Waals surface area contributed by atoms with E-state index in [2.05, 4.69) is 33.9 Å². The molecule has 0 aromatic heterocycles. The molecule has 0 bridgehead atoms. The monoisotopic (exact) mass is 511 g/mol. The molecular formula is C25H41NO6SSi. The lowest BCUT2D eigenvalue weighted by atomic mass is 9.89. The van der Waals surface area contributed by atoms with Crippen molar-refractivity contribution in [1.82, 2.24) is 4.90 Å². The highest BCUT2D eigenvalue weighted by atomic mass is 32.2. The Kier molecular flexibility index (Phi) is 7.88. The number of esters is 1. The van der Waals surface area contributed by atoms with Crippen molar-refractivity contribution in [3.8, 4) is 0 Å². The maximum absolute atomic E-state index is 13.4. The summed E-state index contributed by atoms with van der Waals surface area (Å²) in [5, 5.41) is -1.36. The van der Waals surface area contributed by atoms with Gasteiger partial charge in [0.1, 0.15) is 5.60 Å². The number of ether oxygens (including phenoxy) is 1. The van der Waals surface area contributed by atoms with Crippen LogP contribution in [0.5, 0.6) is 0 Å². The van der Waals surface area contributed by atoms with E-state index in [1.807, 2.05) is 13.8 Å². The number of rotatable bonds is 8. The maximum Gasteiger partial charge on any atom is 0.308 e. The van der Waals surface area contributed by atoms with Crippen LogP contribution in [0, 0.1) is 0 Å².